The molecule has 1 aromatic carbocycles. The Bertz CT molecular complexity index is 857. The lowest BCUT2D eigenvalue weighted by molar-refractivity contribution is -0.136. The molecule has 3 aliphatic rings. The smallest absolute Gasteiger partial charge is 0.325 e. The highest BCUT2D eigenvalue weighted by atomic mass is 35.5. The highest BCUT2D eigenvalue weighted by molar-refractivity contribution is 6.34. The van der Waals surface area contributed by atoms with E-state index in [0.29, 0.717) is 43.4 Å². The fraction of sp³-hybridized carbons (Fsp3) is 0.571. The van der Waals surface area contributed by atoms with Crippen molar-refractivity contribution in [1.29, 1.82) is 0 Å². The second-order valence-electron chi connectivity index (χ2n) is 8.22. The Labute approximate surface area is 180 Å². The summed E-state index contributed by atoms with van der Waals surface area (Å²) < 4.78 is 5.40. The third-order valence-electron chi connectivity index (χ3n) is 6.39. The van der Waals surface area contributed by atoms with Gasteiger partial charge in [0.15, 0.2) is 0 Å². The minimum atomic E-state index is -0.870. The molecule has 1 aromatic rings. The van der Waals surface area contributed by atoms with Gasteiger partial charge in [-0.3, -0.25) is 14.5 Å². The van der Waals surface area contributed by atoms with Gasteiger partial charge < -0.3 is 20.3 Å². The van der Waals surface area contributed by atoms with Crippen molar-refractivity contribution in [2.45, 2.75) is 38.1 Å². The zero-order valence-corrected chi connectivity index (χ0v) is 17.8. The first kappa shape index (κ1) is 20.9. The third kappa shape index (κ3) is 3.74. The number of nitrogens with zero attached hydrogens (tertiary/aromatic N) is 2. The highest BCUT2D eigenvalue weighted by Gasteiger charge is 2.55. The number of carbonyl (C=O) groups is 3. The molecule has 2 atom stereocenters. The van der Waals surface area contributed by atoms with Gasteiger partial charge in [0.1, 0.15) is 12.1 Å². The van der Waals surface area contributed by atoms with E-state index in [1.807, 2.05) is 6.92 Å². The molecule has 30 heavy (non-hydrogen) atoms. The lowest BCUT2D eigenvalue weighted by Crippen LogP contribution is -2.54. The fourth-order valence-electron chi connectivity index (χ4n) is 4.70. The lowest BCUT2D eigenvalue weighted by Gasteiger charge is -2.36. The van der Waals surface area contributed by atoms with Crippen LogP contribution in [0.1, 0.15) is 32.6 Å². The summed E-state index contributed by atoms with van der Waals surface area (Å²) in [6, 6.07) is 4.80. The van der Waals surface area contributed by atoms with E-state index in [0.717, 1.165) is 29.8 Å². The minimum Gasteiger partial charge on any atom is -0.378 e. The maximum atomic E-state index is 13.1. The molecule has 1 spiro atoms. The fourth-order valence-corrected chi connectivity index (χ4v) is 4.99. The van der Waals surface area contributed by atoms with Gasteiger partial charge >= 0.3 is 6.03 Å². The Hall–Kier alpha value is -2.32. The van der Waals surface area contributed by atoms with E-state index < -0.39 is 17.5 Å². The Morgan fingerprint density at radius 3 is 2.80 bits per heavy atom. The molecule has 0 radical (unpaired) electrons. The van der Waals surface area contributed by atoms with Crippen LogP contribution < -0.4 is 15.5 Å². The maximum absolute atomic E-state index is 13.1. The zero-order chi connectivity index (χ0) is 21.3. The topological polar surface area (TPSA) is 91.0 Å². The highest BCUT2D eigenvalue weighted by Crippen LogP contribution is 2.38. The van der Waals surface area contributed by atoms with Gasteiger partial charge in [-0.25, -0.2) is 4.79 Å². The lowest BCUT2D eigenvalue weighted by atomic mass is 9.73. The molecule has 2 unspecified atom stereocenters. The number of urea groups is 1. The van der Waals surface area contributed by atoms with Gasteiger partial charge in [-0.1, -0.05) is 37.4 Å². The molecule has 2 heterocycles. The number of rotatable bonds is 4. The molecule has 4 rings (SSSR count). The maximum Gasteiger partial charge on any atom is 0.325 e. The van der Waals surface area contributed by atoms with Crippen LogP contribution in [0.2, 0.25) is 5.02 Å². The predicted octanol–water partition coefficient (Wildman–Crippen LogP) is 2.62. The number of hydrogen-bond donors (Lipinski definition) is 2. The molecule has 1 saturated carbocycles. The van der Waals surface area contributed by atoms with Crippen molar-refractivity contribution in [3.63, 3.8) is 0 Å². The number of amides is 4. The average Bonchev–Trinajstić information content (AvgIpc) is 2.96. The van der Waals surface area contributed by atoms with Crippen LogP contribution in [0.25, 0.3) is 0 Å². The molecule has 9 heteroatoms. The molecule has 1 aliphatic carbocycles. The van der Waals surface area contributed by atoms with Gasteiger partial charge in [0, 0.05) is 13.1 Å². The van der Waals surface area contributed by atoms with E-state index >= 15 is 0 Å². The van der Waals surface area contributed by atoms with Crippen LogP contribution in [0.4, 0.5) is 16.2 Å². The summed E-state index contributed by atoms with van der Waals surface area (Å²) in [5, 5.41) is 6.24. The number of benzene rings is 1. The summed E-state index contributed by atoms with van der Waals surface area (Å²) in [6.45, 7) is 4.17. The SMILES string of the molecule is CC1CCCCC12NC(=O)N(CC(=O)Nc1cccc(Cl)c1N1CCOCC1)C2=O. The number of imide groups is 1. The normalized spacial score (nSPS) is 26.8. The first-order valence-corrected chi connectivity index (χ1v) is 10.9. The molecule has 0 bridgehead atoms. The van der Waals surface area contributed by atoms with Crippen molar-refractivity contribution in [3.8, 4) is 0 Å². The van der Waals surface area contributed by atoms with Gasteiger partial charge in [-0.2, -0.15) is 0 Å². The van der Waals surface area contributed by atoms with Crippen molar-refractivity contribution < 1.29 is 19.1 Å². The summed E-state index contributed by atoms with van der Waals surface area (Å²) >= 11 is 6.41. The number of halogens is 1. The van der Waals surface area contributed by atoms with Crippen LogP contribution >= 0.6 is 11.6 Å². The summed E-state index contributed by atoms with van der Waals surface area (Å²) in [5.41, 5.74) is 0.414. The van der Waals surface area contributed by atoms with Gasteiger partial charge in [0.2, 0.25) is 5.91 Å². The van der Waals surface area contributed by atoms with Crippen molar-refractivity contribution in [2.24, 2.45) is 5.92 Å². The largest absolute Gasteiger partial charge is 0.378 e. The molecule has 162 valence electrons. The molecular formula is C21H27ClN4O4. The summed E-state index contributed by atoms with van der Waals surface area (Å²) in [7, 11) is 0. The molecule has 0 aromatic heterocycles. The Morgan fingerprint density at radius 2 is 2.07 bits per heavy atom. The summed E-state index contributed by atoms with van der Waals surface area (Å²) in [6.07, 6.45) is 3.44. The molecular weight excluding hydrogens is 408 g/mol. The molecule has 2 aliphatic heterocycles. The number of morpholine rings is 1. The van der Waals surface area contributed by atoms with Crippen LogP contribution in [0, 0.1) is 5.92 Å². The number of nitrogens with one attached hydrogen (secondary N) is 2. The number of hydrogen-bond acceptors (Lipinski definition) is 5. The van der Waals surface area contributed by atoms with Gasteiger partial charge in [-0.15, -0.1) is 0 Å². The van der Waals surface area contributed by atoms with E-state index in [2.05, 4.69) is 15.5 Å². The molecule has 2 N–H and O–H groups in total. The number of para-hydroxylation sites is 1. The summed E-state index contributed by atoms with van der Waals surface area (Å²) in [4.78, 5) is 41.5. The third-order valence-corrected chi connectivity index (χ3v) is 6.70. The van der Waals surface area contributed by atoms with Gasteiger partial charge in [-0.05, 0) is 30.9 Å². The number of ether oxygens (including phenoxy) is 1. The van der Waals surface area contributed by atoms with Gasteiger partial charge in [0.05, 0.1) is 29.6 Å². The van der Waals surface area contributed by atoms with E-state index in [-0.39, 0.29) is 18.4 Å². The van der Waals surface area contributed by atoms with Crippen LogP contribution in [-0.4, -0.2) is 61.1 Å². The zero-order valence-electron chi connectivity index (χ0n) is 17.1. The van der Waals surface area contributed by atoms with Crippen molar-refractivity contribution in [2.75, 3.05) is 43.1 Å². The number of anilines is 2. The summed E-state index contributed by atoms with van der Waals surface area (Å²) in [5.74, 6) is -0.679. The monoisotopic (exact) mass is 434 g/mol. The van der Waals surface area contributed by atoms with E-state index in [1.54, 1.807) is 18.2 Å². The molecule has 8 nitrogen and oxygen atoms in total. The van der Waals surface area contributed by atoms with Crippen molar-refractivity contribution >= 4 is 40.8 Å². The quantitative estimate of drug-likeness (QED) is 0.711. The minimum absolute atomic E-state index is 0.0524. The number of carbonyl (C=O) groups excluding carboxylic acids is 3. The Morgan fingerprint density at radius 1 is 1.30 bits per heavy atom. The molecule has 2 saturated heterocycles. The van der Waals surface area contributed by atoms with E-state index in [9.17, 15) is 14.4 Å². The Balaban J connectivity index is 1.48. The molecule has 3 fully saturated rings. The van der Waals surface area contributed by atoms with E-state index in [4.69, 9.17) is 16.3 Å². The van der Waals surface area contributed by atoms with Crippen molar-refractivity contribution in [3.05, 3.63) is 23.2 Å². The van der Waals surface area contributed by atoms with Crippen LogP contribution in [0.15, 0.2) is 18.2 Å². The Kier molecular flexibility index (Phi) is 5.88. The van der Waals surface area contributed by atoms with Crippen LogP contribution in [0.3, 0.4) is 0 Å². The molecule has 4 amide bonds. The van der Waals surface area contributed by atoms with Crippen LogP contribution in [0.5, 0.6) is 0 Å². The van der Waals surface area contributed by atoms with E-state index in [1.165, 1.54) is 0 Å². The van der Waals surface area contributed by atoms with Gasteiger partial charge in [0.25, 0.3) is 5.91 Å². The predicted molar refractivity (Wildman–Crippen MR) is 114 cm³/mol. The average molecular weight is 435 g/mol. The first-order valence-electron chi connectivity index (χ1n) is 10.5. The van der Waals surface area contributed by atoms with Crippen LogP contribution in [-0.2, 0) is 14.3 Å². The second kappa shape index (κ2) is 8.43. The van der Waals surface area contributed by atoms with Crippen molar-refractivity contribution in [1.82, 2.24) is 10.2 Å². The second-order valence-corrected chi connectivity index (χ2v) is 8.63. The first-order chi connectivity index (χ1) is 14.4. The standard InChI is InChI=1S/C21H27ClN4O4/c1-14-5-2-3-8-21(14)19(28)26(20(29)24-21)13-17(27)23-16-7-4-6-15(22)18(16)25-9-11-30-12-10-25/h4,6-7,14H,2-3,5,8-13H2,1H3,(H,23,27)(H,24,29).